The summed E-state index contributed by atoms with van der Waals surface area (Å²) in [6.45, 7) is 0.577. The van der Waals surface area contributed by atoms with Gasteiger partial charge in [0.25, 0.3) is 0 Å². The van der Waals surface area contributed by atoms with E-state index in [1.165, 1.54) is 17.5 Å². The van der Waals surface area contributed by atoms with E-state index in [1.807, 2.05) is 6.07 Å². The summed E-state index contributed by atoms with van der Waals surface area (Å²) in [5, 5.41) is 4.55. The fourth-order valence-electron chi connectivity index (χ4n) is 2.85. The van der Waals surface area contributed by atoms with Gasteiger partial charge in [-0.25, -0.2) is 8.42 Å². The predicted molar refractivity (Wildman–Crippen MR) is 99.2 cm³/mol. The van der Waals surface area contributed by atoms with Gasteiger partial charge in [0.1, 0.15) is 5.75 Å². The molecule has 0 spiro atoms. The van der Waals surface area contributed by atoms with Crippen LogP contribution in [0.3, 0.4) is 0 Å². The third-order valence-electron chi connectivity index (χ3n) is 4.40. The minimum Gasteiger partial charge on any atom is -0.497 e. The van der Waals surface area contributed by atoms with Crippen LogP contribution in [0.2, 0.25) is 5.02 Å². The molecule has 2 aromatic carbocycles. The Bertz CT molecular complexity index is 1080. The molecular formula is C18H16ClN3O4S. The van der Waals surface area contributed by atoms with Crippen molar-refractivity contribution in [3.05, 3.63) is 59.4 Å². The molecule has 9 heteroatoms. The first-order valence-corrected chi connectivity index (χ1v) is 10.0. The summed E-state index contributed by atoms with van der Waals surface area (Å²) < 4.78 is 37.2. The van der Waals surface area contributed by atoms with E-state index in [-0.39, 0.29) is 23.9 Å². The molecule has 2 heterocycles. The molecule has 4 rings (SSSR count). The van der Waals surface area contributed by atoms with Gasteiger partial charge in [-0.05, 0) is 24.3 Å². The smallest absolute Gasteiger partial charge is 0.243 e. The van der Waals surface area contributed by atoms with Crippen LogP contribution < -0.4 is 4.74 Å². The van der Waals surface area contributed by atoms with Crippen molar-refractivity contribution in [2.24, 2.45) is 0 Å². The van der Waals surface area contributed by atoms with Gasteiger partial charge >= 0.3 is 0 Å². The molecule has 0 unspecified atom stereocenters. The number of ether oxygens (including phenoxy) is 1. The summed E-state index contributed by atoms with van der Waals surface area (Å²) >= 11 is 5.98. The van der Waals surface area contributed by atoms with Crippen molar-refractivity contribution in [2.45, 2.75) is 10.8 Å². The van der Waals surface area contributed by atoms with Gasteiger partial charge in [-0.1, -0.05) is 35.0 Å². The second kappa shape index (κ2) is 6.95. The van der Waals surface area contributed by atoms with Crippen LogP contribution in [0.25, 0.3) is 11.4 Å². The third-order valence-corrected chi connectivity index (χ3v) is 6.46. The summed E-state index contributed by atoms with van der Waals surface area (Å²) in [5.74, 6) is 1.21. The molecule has 1 aliphatic heterocycles. The minimum absolute atomic E-state index is 0.134. The molecule has 1 aromatic heterocycles. The fraction of sp³-hybridized carbons (Fsp3) is 0.222. The molecule has 0 saturated carbocycles. The zero-order valence-electron chi connectivity index (χ0n) is 14.4. The van der Waals surface area contributed by atoms with E-state index in [1.54, 1.807) is 36.4 Å². The van der Waals surface area contributed by atoms with Crippen LogP contribution in [0.15, 0.2) is 57.9 Å². The summed E-state index contributed by atoms with van der Waals surface area (Å²) in [4.78, 5) is 4.58. The lowest BCUT2D eigenvalue weighted by atomic mass is 10.0. The van der Waals surface area contributed by atoms with Gasteiger partial charge in [0, 0.05) is 29.7 Å². The first-order chi connectivity index (χ1) is 13.0. The van der Waals surface area contributed by atoms with E-state index < -0.39 is 10.0 Å². The van der Waals surface area contributed by atoms with Crippen LogP contribution >= 0.6 is 11.6 Å². The van der Waals surface area contributed by atoms with Gasteiger partial charge in [0.05, 0.1) is 17.9 Å². The van der Waals surface area contributed by atoms with Crippen LogP contribution in [0.1, 0.15) is 11.8 Å². The molecule has 0 aliphatic carbocycles. The number of nitrogens with zero attached hydrogens (tertiary/aromatic N) is 3. The maximum Gasteiger partial charge on any atom is 0.243 e. The Kier molecular flexibility index (Phi) is 4.63. The van der Waals surface area contributed by atoms with Crippen LogP contribution in [0.4, 0.5) is 0 Å². The van der Waals surface area contributed by atoms with E-state index in [0.717, 1.165) is 5.56 Å². The lowest BCUT2D eigenvalue weighted by Gasteiger charge is -2.35. The van der Waals surface area contributed by atoms with E-state index in [0.29, 0.717) is 22.5 Å². The molecule has 7 nitrogen and oxygen atoms in total. The molecule has 0 radical (unpaired) electrons. The highest BCUT2D eigenvalue weighted by molar-refractivity contribution is 7.89. The lowest BCUT2D eigenvalue weighted by Crippen LogP contribution is -2.48. The van der Waals surface area contributed by atoms with Crippen LogP contribution in [-0.2, 0) is 10.0 Å². The molecule has 27 heavy (non-hydrogen) atoms. The molecule has 0 N–H and O–H groups in total. The Balaban J connectivity index is 1.48. The third kappa shape index (κ3) is 3.43. The maximum atomic E-state index is 12.7. The number of halogens is 1. The number of sulfonamides is 1. The second-order valence-electron chi connectivity index (χ2n) is 6.16. The topological polar surface area (TPSA) is 85.5 Å². The molecule has 3 aromatic rings. The van der Waals surface area contributed by atoms with Crippen molar-refractivity contribution in [1.82, 2.24) is 14.4 Å². The zero-order chi connectivity index (χ0) is 19.0. The molecule has 1 saturated heterocycles. The Labute approximate surface area is 161 Å². The first kappa shape index (κ1) is 18.0. The van der Waals surface area contributed by atoms with E-state index >= 15 is 0 Å². The maximum absolute atomic E-state index is 12.7. The molecule has 140 valence electrons. The highest BCUT2D eigenvalue weighted by Gasteiger charge is 2.40. The normalized spacial score (nSPS) is 15.5. The van der Waals surface area contributed by atoms with Gasteiger partial charge in [-0.2, -0.15) is 9.29 Å². The summed E-state index contributed by atoms with van der Waals surface area (Å²) in [6, 6.07) is 13.6. The Morgan fingerprint density at radius 3 is 2.70 bits per heavy atom. The number of methoxy groups -OCH3 is 1. The highest BCUT2D eigenvalue weighted by Crippen LogP contribution is 2.33. The number of benzene rings is 2. The lowest BCUT2D eigenvalue weighted by molar-refractivity contribution is 0.216. The minimum atomic E-state index is -3.58. The number of rotatable bonds is 5. The zero-order valence-corrected chi connectivity index (χ0v) is 15.9. The van der Waals surface area contributed by atoms with Crippen molar-refractivity contribution in [2.75, 3.05) is 20.2 Å². The van der Waals surface area contributed by atoms with Crippen molar-refractivity contribution in [3.8, 4) is 17.1 Å². The van der Waals surface area contributed by atoms with Gasteiger partial charge in [-0.3, -0.25) is 0 Å². The fourth-order valence-corrected chi connectivity index (χ4v) is 4.60. The summed E-state index contributed by atoms with van der Waals surface area (Å²) in [7, 11) is -2.08. The van der Waals surface area contributed by atoms with E-state index in [4.69, 9.17) is 20.9 Å². The number of hydrogen-bond donors (Lipinski definition) is 0. The highest BCUT2D eigenvalue weighted by atomic mass is 35.5. The molecular weight excluding hydrogens is 390 g/mol. The molecule has 0 atom stereocenters. The van der Waals surface area contributed by atoms with Crippen LogP contribution in [-0.4, -0.2) is 43.1 Å². The van der Waals surface area contributed by atoms with Gasteiger partial charge in [0.2, 0.25) is 21.7 Å². The quantitative estimate of drug-likeness (QED) is 0.648. The number of hydrogen-bond acceptors (Lipinski definition) is 6. The Morgan fingerprint density at radius 1 is 1.19 bits per heavy atom. The predicted octanol–water partition coefficient (Wildman–Crippen LogP) is 3.19. The molecule has 0 bridgehead atoms. The monoisotopic (exact) mass is 405 g/mol. The number of aromatic nitrogens is 2. The van der Waals surface area contributed by atoms with E-state index in [2.05, 4.69) is 10.1 Å². The average Bonchev–Trinajstić information content (AvgIpc) is 3.10. The van der Waals surface area contributed by atoms with Crippen molar-refractivity contribution in [1.29, 1.82) is 0 Å². The van der Waals surface area contributed by atoms with Crippen LogP contribution in [0.5, 0.6) is 5.75 Å². The molecule has 1 fully saturated rings. The van der Waals surface area contributed by atoms with Crippen molar-refractivity contribution >= 4 is 21.6 Å². The standard InChI is InChI=1S/C18H16ClN3O4S/c1-25-15-6-3-7-16(9-15)27(23,24)22-10-13(11-22)18-20-17(21-26-18)12-4-2-5-14(19)8-12/h2-9,13H,10-11H2,1H3. The van der Waals surface area contributed by atoms with Crippen molar-refractivity contribution < 1.29 is 17.7 Å². The first-order valence-electron chi connectivity index (χ1n) is 8.21. The Hall–Kier alpha value is -2.42. The second-order valence-corrected chi connectivity index (χ2v) is 8.54. The van der Waals surface area contributed by atoms with Crippen LogP contribution in [0, 0.1) is 0 Å². The van der Waals surface area contributed by atoms with Gasteiger partial charge in [0.15, 0.2) is 0 Å². The van der Waals surface area contributed by atoms with Gasteiger partial charge < -0.3 is 9.26 Å². The van der Waals surface area contributed by atoms with Crippen molar-refractivity contribution in [3.63, 3.8) is 0 Å². The molecule has 0 amide bonds. The average molecular weight is 406 g/mol. The summed E-state index contributed by atoms with van der Waals surface area (Å²) in [5.41, 5.74) is 0.748. The largest absolute Gasteiger partial charge is 0.497 e. The van der Waals surface area contributed by atoms with E-state index in [9.17, 15) is 8.42 Å². The van der Waals surface area contributed by atoms with Gasteiger partial charge in [-0.15, -0.1) is 0 Å². The Morgan fingerprint density at radius 2 is 1.96 bits per heavy atom. The summed E-state index contributed by atoms with van der Waals surface area (Å²) in [6.07, 6.45) is 0. The molecule has 1 aliphatic rings. The SMILES string of the molecule is COc1cccc(S(=O)(=O)N2CC(c3nc(-c4cccc(Cl)c4)no3)C2)c1.